The van der Waals surface area contributed by atoms with E-state index in [1.807, 2.05) is 0 Å². The van der Waals surface area contributed by atoms with Crippen LogP contribution in [0.15, 0.2) is 36.5 Å². The van der Waals surface area contributed by atoms with Crippen LogP contribution in [0.5, 0.6) is 5.75 Å². The molecule has 2 rings (SSSR count). The molecule has 118 valence electrons. The molecule has 1 aromatic carbocycles. The van der Waals surface area contributed by atoms with Gasteiger partial charge in [0.1, 0.15) is 17.6 Å². The van der Waals surface area contributed by atoms with Crippen LogP contribution in [-0.2, 0) is 11.8 Å². The summed E-state index contributed by atoms with van der Waals surface area (Å²) < 4.78 is 30.6. The van der Waals surface area contributed by atoms with Gasteiger partial charge in [-0.05, 0) is 19.1 Å². The topological polar surface area (TPSA) is 68.2 Å². The molecule has 0 saturated carbocycles. The molecule has 1 amide bonds. The van der Waals surface area contributed by atoms with Gasteiger partial charge in [0.25, 0.3) is 0 Å². The number of ether oxygens (including phenoxy) is 1. The van der Waals surface area contributed by atoms with Crippen LogP contribution in [0.1, 0.15) is 6.92 Å². The first kappa shape index (κ1) is 15.7. The number of hydrogen-bond donors (Lipinski definition) is 2. The zero-order valence-electron chi connectivity index (χ0n) is 12.1. The first-order chi connectivity index (χ1) is 10.5. The van der Waals surface area contributed by atoms with E-state index in [4.69, 9.17) is 0 Å². The Morgan fingerprint density at radius 2 is 2.05 bits per heavy atom. The maximum atomic E-state index is 12.3. The van der Waals surface area contributed by atoms with E-state index in [1.165, 1.54) is 12.1 Å². The highest BCUT2D eigenvalue weighted by Crippen LogP contribution is 2.25. The zero-order chi connectivity index (χ0) is 16.1. The third kappa shape index (κ3) is 4.18. The van der Waals surface area contributed by atoms with Gasteiger partial charge in [-0.15, -0.1) is 0 Å². The summed E-state index contributed by atoms with van der Waals surface area (Å²) in [6.07, 6.45) is 1.73. The van der Waals surface area contributed by atoms with Crippen molar-refractivity contribution in [2.75, 3.05) is 10.6 Å². The minimum atomic E-state index is -2.96. The van der Waals surface area contributed by atoms with Gasteiger partial charge >= 0.3 is 6.61 Å². The van der Waals surface area contributed by atoms with Crippen LogP contribution in [-0.4, -0.2) is 28.3 Å². The zero-order valence-corrected chi connectivity index (χ0v) is 12.1. The summed E-state index contributed by atoms with van der Waals surface area (Å²) in [5, 5.41) is 9.56. The van der Waals surface area contributed by atoms with Crippen LogP contribution >= 0.6 is 0 Å². The first-order valence-electron chi connectivity index (χ1n) is 6.56. The number of aromatic nitrogens is 2. The van der Waals surface area contributed by atoms with Crippen LogP contribution in [0, 0.1) is 0 Å². The third-order valence-corrected chi connectivity index (χ3v) is 2.83. The Labute approximate surface area is 126 Å². The Balaban J connectivity index is 2.02. The molecule has 0 fully saturated rings. The number of carbonyl (C=O) groups excluding carboxylic acids is 1. The smallest absolute Gasteiger partial charge is 0.387 e. The molecular formula is C14H16F2N4O2. The van der Waals surface area contributed by atoms with Crippen LogP contribution < -0.4 is 15.4 Å². The molecule has 6 nitrogen and oxygen atoms in total. The second kappa shape index (κ2) is 6.88. The number of anilines is 2. The third-order valence-electron chi connectivity index (χ3n) is 2.83. The molecule has 1 atom stereocenters. The van der Waals surface area contributed by atoms with Crippen molar-refractivity contribution in [2.45, 2.75) is 19.6 Å². The van der Waals surface area contributed by atoms with Gasteiger partial charge in [0, 0.05) is 19.3 Å². The summed E-state index contributed by atoms with van der Waals surface area (Å²) in [5.41, 5.74) is 0.183. The average Bonchev–Trinajstić information content (AvgIpc) is 2.85. The van der Waals surface area contributed by atoms with E-state index in [9.17, 15) is 13.6 Å². The Bertz CT molecular complexity index is 645. The number of carbonyl (C=O) groups is 1. The highest BCUT2D eigenvalue weighted by Gasteiger charge is 2.16. The van der Waals surface area contributed by atoms with Gasteiger partial charge in [-0.1, -0.05) is 12.1 Å². The molecule has 22 heavy (non-hydrogen) atoms. The fourth-order valence-electron chi connectivity index (χ4n) is 1.79. The summed E-state index contributed by atoms with van der Waals surface area (Å²) in [6.45, 7) is -1.32. The number of nitrogens with one attached hydrogen (secondary N) is 2. The number of para-hydroxylation sites is 2. The van der Waals surface area contributed by atoms with Crippen LogP contribution in [0.3, 0.4) is 0 Å². The molecule has 1 aromatic heterocycles. The standard InChI is InChI=1S/C14H16F2N4O2/c1-9(17-12-7-8-20(2)19-12)13(21)18-10-5-3-4-6-11(10)22-14(15)16/h3-9,14H,1-2H3,(H,17,19)(H,18,21). The molecule has 8 heteroatoms. The summed E-state index contributed by atoms with van der Waals surface area (Å²) >= 11 is 0. The van der Waals surface area contributed by atoms with Crippen molar-refractivity contribution in [2.24, 2.45) is 7.05 Å². The Morgan fingerprint density at radius 1 is 1.32 bits per heavy atom. The molecular weight excluding hydrogens is 294 g/mol. The summed E-state index contributed by atoms with van der Waals surface area (Å²) in [4.78, 5) is 12.1. The molecule has 0 aliphatic rings. The number of halogens is 2. The van der Waals surface area contributed by atoms with Crippen molar-refractivity contribution in [3.05, 3.63) is 36.5 Å². The van der Waals surface area contributed by atoms with Gasteiger partial charge in [0.15, 0.2) is 0 Å². The molecule has 1 unspecified atom stereocenters. The Kier molecular flexibility index (Phi) is 4.92. The fraction of sp³-hybridized carbons (Fsp3) is 0.286. The number of benzene rings is 1. The van der Waals surface area contributed by atoms with E-state index < -0.39 is 18.6 Å². The highest BCUT2D eigenvalue weighted by molar-refractivity contribution is 5.97. The highest BCUT2D eigenvalue weighted by atomic mass is 19.3. The SMILES string of the molecule is CC(Nc1ccn(C)n1)C(=O)Nc1ccccc1OC(F)F. The predicted octanol–water partition coefficient (Wildman–Crippen LogP) is 2.46. The fourth-order valence-corrected chi connectivity index (χ4v) is 1.79. The normalized spacial score (nSPS) is 12.0. The number of nitrogens with zero attached hydrogens (tertiary/aromatic N) is 2. The molecule has 2 aromatic rings. The second-order valence-corrected chi connectivity index (χ2v) is 4.60. The number of rotatable bonds is 6. The van der Waals surface area contributed by atoms with Crippen molar-refractivity contribution in [3.63, 3.8) is 0 Å². The molecule has 2 N–H and O–H groups in total. The maximum Gasteiger partial charge on any atom is 0.387 e. The largest absolute Gasteiger partial charge is 0.433 e. The van der Waals surface area contributed by atoms with E-state index in [-0.39, 0.29) is 11.4 Å². The number of hydrogen-bond acceptors (Lipinski definition) is 4. The molecule has 0 saturated heterocycles. The van der Waals surface area contributed by atoms with Crippen molar-refractivity contribution < 1.29 is 18.3 Å². The lowest BCUT2D eigenvalue weighted by atomic mass is 10.2. The quantitative estimate of drug-likeness (QED) is 0.860. The Morgan fingerprint density at radius 3 is 2.68 bits per heavy atom. The molecule has 1 heterocycles. The van der Waals surface area contributed by atoms with Crippen LogP contribution in [0.4, 0.5) is 20.3 Å². The van der Waals surface area contributed by atoms with E-state index in [2.05, 4.69) is 20.5 Å². The van der Waals surface area contributed by atoms with Gasteiger partial charge in [-0.2, -0.15) is 13.9 Å². The van der Waals surface area contributed by atoms with Crippen LogP contribution in [0.2, 0.25) is 0 Å². The second-order valence-electron chi connectivity index (χ2n) is 4.60. The number of alkyl halides is 2. The lowest BCUT2D eigenvalue weighted by molar-refractivity contribution is -0.116. The number of amides is 1. The molecule has 0 spiro atoms. The molecule has 0 aliphatic heterocycles. The first-order valence-corrected chi connectivity index (χ1v) is 6.56. The number of aryl methyl sites for hydroxylation is 1. The van der Waals surface area contributed by atoms with Gasteiger partial charge in [0.05, 0.1) is 5.69 Å². The lowest BCUT2D eigenvalue weighted by Gasteiger charge is -2.15. The van der Waals surface area contributed by atoms with E-state index >= 15 is 0 Å². The van der Waals surface area contributed by atoms with Crippen LogP contribution in [0.25, 0.3) is 0 Å². The van der Waals surface area contributed by atoms with Gasteiger partial charge in [-0.3, -0.25) is 9.48 Å². The molecule has 0 aliphatic carbocycles. The van der Waals surface area contributed by atoms with E-state index in [0.29, 0.717) is 5.82 Å². The van der Waals surface area contributed by atoms with Crippen molar-refractivity contribution in [3.8, 4) is 5.75 Å². The van der Waals surface area contributed by atoms with Gasteiger partial charge in [-0.25, -0.2) is 0 Å². The minimum Gasteiger partial charge on any atom is -0.433 e. The summed E-state index contributed by atoms with van der Waals surface area (Å²) in [6, 6.07) is 7.13. The van der Waals surface area contributed by atoms with Crippen molar-refractivity contribution in [1.29, 1.82) is 0 Å². The summed E-state index contributed by atoms with van der Waals surface area (Å²) in [7, 11) is 1.76. The summed E-state index contributed by atoms with van der Waals surface area (Å²) in [5.74, 6) is 0.0640. The monoisotopic (exact) mass is 310 g/mol. The predicted molar refractivity (Wildman–Crippen MR) is 78.0 cm³/mol. The lowest BCUT2D eigenvalue weighted by Crippen LogP contribution is -2.32. The van der Waals surface area contributed by atoms with Gasteiger partial charge in [0.2, 0.25) is 5.91 Å². The Hall–Kier alpha value is -2.64. The average molecular weight is 310 g/mol. The van der Waals surface area contributed by atoms with Crippen molar-refractivity contribution >= 4 is 17.4 Å². The van der Waals surface area contributed by atoms with E-state index in [0.717, 1.165) is 0 Å². The minimum absolute atomic E-state index is 0.0871. The van der Waals surface area contributed by atoms with Gasteiger partial charge < -0.3 is 15.4 Å². The molecule has 0 bridgehead atoms. The molecule has 0 radical (unpaired) electrons. The van der Waals surface area contributed by atoms with E-state index in [1.54, 1.807) is 43.0 Å². The van der Waals surface area contributed by atoms with Crippen molar-refractivity contribution in [1.82, 2.24) is 9.78 Å². The maximum absolute atomic E-state index is 12.3.